The fourth-order valence-electron chi connectivity index (χ4n) is 2.41. The highest BCUT2D eigenvalue weighted by Gasteiger charge is 2.21. The number of rotatable bonds is 7. The van der Waals surface area contributed by atoms with Gasteiger partial charge in [0.25, 0.3) is 0 Å². The lowest BCUT2D eigenvalue weighted by Gasteiger charge is -2.20. The third-order valence-corrected chi connectivity index (χ3v) is 3.48. The highest BCUT2D eigenvalue weighted by molar-refractivity contribution is 5.39. The van der Waals surface area contributed by atoms with Gasteiger partial charge in [-0.1, -0.05) is 50.7 Å². The Morgan fingerprint density at radius 3 is 2.48 bits per heavy atom. The molecule has 21 heavy (non-hydrogen) atoms. The van der Waals surface area contributed by atoms with Crippen LogP contribution in [0.25, 0.3) is 0 Å². The molecule has 0 bridgehead atoms. The van der Waals surface area contributed by atoms with Crippen molar-refractivity contribution < 1.29 is 10.2 Å². The van der Waals surface area contributed by atoms with Gasteiger partial charge in [0.2, 0.25) is 0 Å². The van der Waals surface area contributed by atoms with E-state index in [-0.39, 0.29) is 0 Å². The van der Waals surface area contributed by atoms with E-state index in [1.807, 2.05) is 38.1 Å². The largest absolute Gasteiger partial charge is 0.388 e. The van der Waals surface area contributed by atoms with Gasteiger partial charge in [0.1, 0.15) is 5.60 Å². The Bertz CT molecular complexity index is 481. The summed E-state index contributed by atoms with van der Waals surface area (Å²) in [7, 11) is 0. The smallest absolute Gasteiger partial charge is 0.125 e. The van der Waals surface area contributed by atoms with Crippen molar-refractivity contribution in [2.24, 2.45) is 5.73 Å². The van der Waals surface area contributed by atoms with Gasteiger partial charge in [-0.3, -0.25) is 0 Å². The van der Waals surface area contributed by atoms with Crippen LogP contribution >= 0.6 is 0 Å². The molecule has 0 aromatic heterocycles. The van der Waals surface area contributed by atoms with Crippen LogP contribution in [0.1, 0.15) is 63.2 Å². The van der Waals surface area contributed by atoms with Crippen LogP contribution in [0, 0.1) is 11.8 Å². The van der Waals surface area contributed by atoms with Crippen LogP contribution < -0.4 is 5.73 Å². The van der Waals surface area contributed by atoms with Gasteiger partial charge in [0.05, 0.1) is 6.10 Å². The standard InChI is InChI=1S/C18H27NO2/c1-3-10-18(21,11-4-2)12-8-15-6-5-7-16(14-15)17(20)9-13-19/h5-7,14,17,20-21H,3-4,9-11,13,19H2,1-2H3. The molecule has 0 aliphatic carbocycles. The number of benzene rings is 1. The Balaban J connectivity index is 2.92. The lowest BCUT2D eigenvalue weighted by Crippen LogP contribution is -2.25. The van der Waals surface area contributed by atoms with Crippen molar-refractivity contribution in [1.82, 2.24) is 0 Å². The van der Waals surface area contributed by atoms with E-state index < -0.39 is 11.7 Å². The zero-order chi connectivity index (χ0) is 15.7. The highest BCUT2D eigenvalue weighted by atomic mass is 16.3. The molecule has 116 valence electrons. The van der Waals surface area contributed by atoms with Crippen LogP contribution in [0.5, 0.6) is 0 Å². The van der Waals surface area contributed by atoms with Gasteiger partial charge in [-0.05, 0) is 43.5 Å². The first-order valence-electron chi connectivity index (χ1n) is 7.78. The molecule has 0 saturated carbocycles. The van der Waals surface area contributed by atoms with Crippen LogP contribution in [0.15, 0.2) is 24.3 Å². The zero-order valence-corrected chi connectivity index (χ0v) is 13.1. The zero-order valence-electron chi connectivity index (χ0n) is 13.1. The van der Waals surface area contributed by atoms with E-state index in [0.717, 1.165) is 24.0 Å². The van der Waals surface area contributed by atoms with Crippen molar-refractivity contribution in [3.63, 3.8) is 0 Å². The number of aliphatic hydroxyl groups excluding tert-OH is 1. The molecule has 0 fully saturated rings. The number of hydrogen-bond acceptors (Lipinski definition) is 3. The normalized spacial score (nSPS) is 12.6. The fraction of sp³-hybridized carbons (Fsp3) is 0.556. The molecule has 0 spiro atoms. The first-order chi connectivity index (χ1) is 10.0. The number of aliphatic hydroxyl groups is 2. The molecule has 0 radical (unpaired) electrons. The molecule has 3 nitrogen and oxygen atoms in total. The summed E-state index contributed by atoms with van der Waals surface area (Å²) >= 11 is 0. The van der Waals surface area contributed by atoms with E-state index in [4.69, 9.17) is 5.73 Å². The summed E-state index contributed by atoms with van der Waals surface area (Å²) in [5.74, 6) is 6.06. The Morgan fingerprint density at radius 1 is 1.24 bits per heavy atom. The van der Waals surface area contributed by atoms with E-state index in [9.17, 15) is 10.2 Å². The second-order valence-corrected chi connectivity index (χ2v) is 5.50. The summed E-state index contributed by atoms with van der Waals surface area (Å²) in [5, 5.41) is 20.5. The monoisotopic (exact) mass is 289 g/mol. The molecule has 1 atom stereocenters. The van der Waals surface area contributed by atoms with Crippen LogP contribution in [-0.4, -0.2) is 22.4 Å². The van der Waals surface area contributed by atoms with Gasteiger partial charge in [-0.15, -0.1) is 0 Å². The molecular formula is C18H27NO2. The maximum Gasteiger partial charge on any atom is 0.125 e. The van der Waals surface area contributed by atoms with Gasteiger partial charge in [0.15, 0.2) is 0 Å². The first-order valence-corrected chi connectivity index (χ1v) is 7.78. The van der Waals surface area contributed by atoms with Gasteiger partial charge in [0, 0.05) is 5.56 Å². The van der Waals surface area contributed by atoms with E-state index in [2.05, 4.69) is 11.8 Å². The molecule has 1 unspecified atom stereocenters. The molecule has 4 N–H and O–H groups in total. The highest BCUT2D eigenvalue weighted by Crippen LogP contribution is 2.20. The van der Waals surface area contributed by atoms with E-state index in [1.54, 1.807) is 0 Å². The lowest BCUT2D eigenvalue weighted by atomic mass is 9.93. The molecule has 1 rings (SSSR count). The van der Waals surface area contributed by atoms with Gasteiger partial charge in [-0.25, -0.2) is 0 Å². The van der Waals surface area contributed by atoms with Crippen molar-refractivity contribution in [2.75, 3.05) is 6.54 Å². The molecule has 0 aliphatic heterocycles. The van der Waals surface area contributed by atoms with Gasteiger partial charge in [-0.2, -0.15) is 0 Å². The Kier molecular flexibility index (Phi) is 7.45. The molecular weight excluding hydrogens is 262 g/mol. The predicted molar refractivity (Wildman–Crippen MR) is 86.7 cm³/mol. The predicted octanol–water partition coefficient (Wildman–Crippen LogP) is 2.75. The quantitative estimate of drug-likeness (QED) is 0.676. The summed E-state index contributed by atoms with van der Waals surface area (Å²) in [5.41, 5.74) is 6.19. The van der Waals surface area contributed by atoms with Gasteiger partial charge < -0.3 is 15.9 Å². The van der Waals surface area contributed by atoms with Crippen LogP contribution in [0.3, 0.4) is 0 Å². The summed E-state index contributed by atoms with van der Waals surface area (Å²) in [6, 6.07) is 7.50. The van der Waals surface area contributed by atoms with Crippen molar-refractivity contribution in [1.29, 1.82) is 0 Å². The maximum atomic E-state index is 10.5. The van der Waals surface area contributed by atoms with E-state index in [1.165, 1.54) is 0 Å². The molecule has 0 amide bonds. The molecule has 3 heteroatoms. The van der Waals surface area contributed by atoms with Crippen LogP contribution in [0.2, 0.25) is 0 Å². The lowest BCUT2D eigenvalue weighted by molar-refractivity contribution is 0.0807. The third-order valence-electron chi connectivity index (χ3n) is 3.48. The minimum Gasteiger partial charge on any atom is -0.388 e. The fourth-order valence-corrected chi connectivity index (χ4v) is 2.41. The van der Waals surface area contributed by atoms with Crippen molar-refractivity contribution in [2.45, 2.75) is 57.7 Å². The van der Waals surface area contributed by atoms with E-state index >= 15 is 0 Å². The topological polar surface area (TPSA) is 66.5 Å². The van der Waals surface area contributed by atoms with Crippen molar-refractivity contribution in [3.05, 3.63) is 35.4 Å². The molecule has 1 aromatic rings. The minimum atomic E-state index is -0.907. The summed E-state index contributed by atoms with van der Waals surface area (Å²) in [4.78, 5) is 0. The summed E-state index contributed by atoms with van der Waals surface area (Å²) < 4.78 is 0. The average Bonchev–Trinajstić information content (AvgIpc) is 2.46. The maximum absolute atomic E-state index is 10.5. The van der Waals surface area contributed by atoms with Crippen LogP contribution in [-0.2, 0) is 0 Å². The minimum absolute atomic E-state index is 0.448. The van der Waals surface area contributed by atoms with Crippen molar-refractivity contribution in [3.8, 4) is 11.8 Å². The molecule has 1 aromatic carbocycles. The van der Waals surface area contributed by atoms with E-state index in [0.29, 0.717) is 25.8 Å². The number of hydrogen-bond donors (Lipinski definition) is 3. The second kappa shape index (κ2) is 8.84. The molecule has 0 heterocycles. The Morgan fingerprint density at radius 2 is 1.90 bits per heavy atom. The molecule has 0 aliphatic rings. The van der Waals surface area contributed by atoms with Crippen LogP contribution in [0.4, 0.5) is 0 Å². The second-order valence-electron chi connectivity index (χ2n) is 5.50. The Hall–Kier alpha value is -1.34. The third kappa shape index (κ3) is 5.89. The average molecular weight is 289 g/mol. The first kappa shape index (κ1) is 17.7. The molecule has 0 saturated heterocycles. The van der Waals surface area contributed by atoms with Crippen molar-refractivity contribution >= 4 is 0 Å². The Labute approximate surface area is 128 Å². The SMILES string of the molecule is CCCC(O)(C#Cc1cccc(C(O)CCN)c1)CCC. The summed E-state index contributed by atoms with van der Waals surface area (Å²) in [6.45, 7) is 4.54. The summed E-state index contributed by atoms with van der Waals surface area (Å²) in [6.07, 6.45) is 3.15. The number of nitrogens with two attached hydrogens (primary N) is 1. The van der Waals surface area contributed by atoms with Gasteiger partial charge >= 0.3 is 0 Å².